The van der Waals surface area contributed by atoms with Crippen molar-refractivity contribution in [2.75, 3.05) is 19.0 Å². The third-order valence-corrected chi connectivity index (χ3v) is 5.86. The minimum Gasteiger partial charge on any atom is -0.496 e. The normalized spacial score (nSPS) is 10.8. The minimum atomic E-state index is -0.808. The zero-order valence-electron chi connectivity index (χ0n) is 19.7. The van der Waals surface area contributed by atoms with Gasteiger partial charge in [-0.1, -0.05) is 36.2 Å². The van der Waals surface area contributed by atoms with Gasteiger partial charge in [0.25, 0.3) is 0 Å². The minimum absolute atomic E-state index is 0.138. The Labute approximate surface area is 213 Å². The first-order chi connectivity index (χ1) is 17.4. The van der Waals surface area contributed by atoms with E-state index in [2.05, 4.69) is 15.6 Å². The van der Waals surface area contributed by atoms with Crippen LogP contribution in [-0.2, 0) is 4.79 Å². The first-order valence-corrected chi connectivity index (χ1v) is 11.9. The van der Waals surface area contributed by atoms with Crippen LogP contribution in [0.15, 0.2) is 65.1 Å². The van der Waals surface area contributed by atoms with Crippen LogP contribution in [0.3, 0.4) is 0 Å². The maximum absolute atomic E-state index is 12.3. The van der Waals surface area contributed by atoms with Crippen molar-refractivity contribution in [3.05, 3.63) is 65.7 Å². The summed E-state index contributed by atoms with van der Waals surface area (Å²) in [7, 11) is 1.56. The van der Waals surface area contributed by atoms with Crippen LogP contribution in [0, 0.1) is 0 Å². The van der Waals surface area contributed by atoms with Crippen molar-refractivity contribution in [3.63, 3.8) is 0 Å². The van der Waals surface area contributed by atoms with Gasteiger partial charge < -0.3 is 24.9 Å². The van der Waals surface area contributed by atoms with Crippen LogP contribution in [0.5, 0.6) is 5.75 Å². The average molecular weight is 508 g/mol. The molecule has 0 bridgehead atoms. The molecule has 4 aromatic rings. The summed E-state index contributed by atoms with van der Waals surface area (Å²) in [6, 6.07) is 18.2. The third-order valence-electron chi connectivity index (χ3n) is 5.61. The number of fused-ring (bicyclic) bond motifs is 1. The molecule has 3 aromatic carbocycles. The number of carbonyl (C=O) groups is 2. The van der Waals surface area contributed by atoms with Crippen molar-refractivity contribution in [1.29, 1.82) is 0 Å². The molecule has 0 saturated heterocycles. The van der Waals surface area contributed by atoms with Crippen molar-refractivity contribution in [2.24, 2.45) is 0 Å². The number of carbonyl (C=O) groups excluding carboxylic acids is 1. The molecule has 1 aromatic heterocycles. The van der Waals surface area contributed by atoms with E-state index >= 15 is 0 Å². The third kappa shape index (κ3) is 6.34. The van der Waals surface area contributed by atoms with Crippen LogP contribution >= 0.6 is 11.6 Å². The molecule has 0 saturated carbocycles. The summed E-state index contributed by atoms with van der Waals surface area (Å²) in [5, 5.41) is 14.9. The predicted molar refractivity (Wildman–Crippen MR) is 140 cm³/mol. The molecule has 9 heteroatoms. The number of amides is 2. The number of carboxylic acids is 1. The molecule has 0 aliphatic rings. The Kier molecular flexibility index (Phi) is 8.07. The lowest BCUT2D eigenvalue weighted by Gasteiger charge is -2.10. The maximum atomic E-state index is 12.3. The summed E-state index contributed by atoms with van der Waals surface area (Å²) < 4.78 is 11.5. The predicted octanol–water partition coefficient (Wildman–Crippen LogP) is 6.59. The molecule has 0 aliphatic carbocycles. The quantitative estimate of drug-likeness (QED) is 0.209. The Balaban J connectivity index is 1.47. The van der Waals surface area contributed by atoms with Crippen LogP contribution in [0.2, 0.25) is 5.02 Å². The number of rotatable bonds is 10. The van der Waals surface area contributed by atoms with Crippen molar-refractivity contribution < 1.29 is 23.8 Å². The number of carboxylic acid groups (broad SMARTS) is 1. The van der Waals surface area contributed by atoms with E-state index < -0.39 is 5.97 Å². The molecule has 0 atom stereocenters. The summed E-state index contributed by atoms with van der Waals surface area (Å²) in [6.07, 6.45) is 2.16. The largest absolute Gasteiger partial charge is 0.496 e. The number of ether oxygens (including phenoxy) is 1. The fourth-order valence-electron chi connectivity index (χ4n) is 3.77. The summed E-state index contributed by atoms with van der Waals surface area (Å²) in [5.41, 5.74) is 4.48. The molecule has 1 heterocycles. The maximum Gasteiger partial charge on any atom is 0.319 e. The number of methoxy groups -OCH3 is 1. The van der Waals surface area contributed by atoms with Crippen LogP contribution < -0.4 is 15.4 Å². The van der Waals surface area contributed by atoms with Gasteiger partial charge in [-0.2, -0.15) is 0 Å². The number of hydrogen-bond acceptors (Lipinski definition) is 5. The number of urea groups is 1. The van der Waals surface area contributed by atoms with E-state index in [9.17, 15) is 9.59 Å². The molecule has 0 spiro atoms. The Morgan fingerprint density at radius 2 is 1.78 bits per heavy atom. The number of aromatic nitrogens is 1. The summed E-state index contributed by atoms with van der Waals surface area (Å²) >= 11 is 6.00. The molecule has 0 aliphatic heterocycles. The number of aliphatic carboxylic acids is 1. The molecular weight excluding hydrogens is 482 g/mol. The highest BCUT2D eigenvalue weighted by Crippen LogP contribution is 2.35. The van der Waals surface area contributed by atoms with Gasteiger partial charge in [0, 0.05) is 23.7 Å². The van der Waals surface area contributed by atoms with E-state index in [0.29, 0.717) is 58.4 Å². The van der Waals surface area contributed by atoms with Gasteiger partial charge in [-0.15, -0.1) is 0 Å². The summed E-state index contributed by atoms with van der Waals surface area (Å²) in [4.78, 5) is 27.5. The van der Waals surface area contributed by atoms with Gasteiger partial charge in [0.05, 0.1) is 12.7 Å². The fourth-order valence-corrected chi connectivity index (χ4v) is 3.90. The molecule has 36 heavy (non-hydrogen) atoms. The topological polar surface area (TPSA) is 114 Å². The average Bonchev–Trinajstić information content (AvgIpc) is 3.30. The monoisotopic (exact) mass is 507 g/mol. The molecule has 0 unspecified atom stereocenters. The summed E-state index contributed by atoms with van der Waals surface area (Å²) in [6.45, 7) is 0.454. The van der Waals surface area contributed by atoms with Crippen LogP contribution in [0.1, 0.15) is 25.7 Å². The fraction of sp³-hybridized carbons (Fsp3) is 0.222. The van der Waals surface area contributed by atoms with Crippen LogP contribution in [0.25, 0.3) is 33.7 Å². The van der Waals surface area contributed by atoms with Gasteiger partial charge in [-0.05, 0) is 66.4 Å². The second kappa shape index (κ2) is 11.6. The van der Waals surface area contributed by atoms with Gasteiger partial charge in [-0.25, -0.2) is 9.78 Å². The van der Waals surface area contributed by atoms with E-state index in [1.54, 1.807) is 25.3 Å². The van der Waals surface area contributed by atoms with E-state index in [1.807, 2.05) is 42.5 Å². The molecule has 8 nitrogen and oxygen atoms in total. The zero-order chi connectivity index (χ0) is 25.5. The van der Waals surface area contributed by atoms with E-state index in [1.165, 1.54) is 0 Å². The highest BCUT2D eigenvalue weighted by molar-refractivity contribution is 6.30. The van der Waals surface area contributed by atoms with Gasteiger partial charge >= 0.3 is 12.0 Å². The first-order valence-electron chi connectivity index (χ1n) is 11.5. The number of benzene rings is 3. The second-order valence-corrected chi connectivity index (χ2v) is 8.65. The number of nitrogens with one attached hydrogen (secondary N) is 2. The van der Waals surface area contributed by atoms with E-state index in [-0.39, 0.29) is 12.5 Å². The first kappa shape index (κ1) is 25.1. The van der Waals surface area contributed by atoms with E-state index in [0.717, 1.165) is 17.5 Å². The number of oxazole rings is 1. The molecule has 186 valence electrons. The molecular formula is C27H26ClN3O5. The van der Waals surface area contributed by atoms with Crippen molar-refractivity contribution >= 4 is 40.4 Å². The van der Waals surface area contributed by atoms with E-state index in [4.69, 9.17) is 25.9 Å². The number of halogens is 1. The number of anilines is 1. The standard InChI is InChI=1S/C27H26ClN3O5/c1-35-23-13-11-20(30-27(34)29-14-4-2-3-5-25(32)33)16-21(23)26-31-22-15-18(8-12-24(22)36-26)17-6-9-19(28)10-7-17/h6-13,15-16H,2-5,14H2,1H3,(H,32,33)(H2,29,30,34). The highest BCUT2D eigenvalue weighted by atomic mass is 35.5. The number of hydrogen-bond donors (Lipinski definition) is 3. The van der Waals surface area contributed by atoms with Gasteiger partial charge in [0.2, 0.25) is 5.89 Å². The van der Waals surface area contributed by atoms with Gasteiger partial charge in [-0.3, -0.25) is 4.79 Å². The Morgan fingerprint density at radius 3 is 2.53 bits per heavy atom. The molecule has 0 radical (unpaired) electrons. The lowest BCUT2D eigenvalue weighted by atomic mass is 10.1. The Bertz CT molecular complexity index is 1370. The smallest absolute Gasteiger partial charge is 0.319 e. The second-order valence-electron chi connectivity index (χ2n) is 8.21. The number of unbranched alkanes of at least 4 members (excludes halogenated alkanes) is 2. The SMILES string of the molecule is COc1ccc(NC(=O)NCCCCCC(=O)O)cc1-c1nc2cc(-c3ccc(Cl)cc3)ccc2o1. The van der Waals surface area contributed by atoms with Gasteiger partial charge in [0.15, 0.2) is 5.58 Å². The Morgan fingerprint density at radius 1 is 1.00 bits per heavy atom. The van der Waals surface area contributed by atoms with Crippen molar-refractivity contribution in [1.82, 2.24) is 10.3 Å². The van der Waals surface area contributed by atoms with Gasteiger partial charge in [0.1, 0.15) is 11.3 Å². The van der Waals surface area contributed by atoms with Crippen LogP contribution in [-0.4, -0.2) is 35.7 Å². The molecule has 3 N–H and O–H groups in total. The van der Waals surface area contributed by atoms with Crippen molar-refractivity contribution in [3.8, 4) is 28.3 Å². The summed E-state index contributed by atoms with van der Waals surface area (Å²) in [5.74, 6) is 0.124. The van der Waals surface area contributed by atoms with Crippen molar-refractivity contribution in [2.45, 2.75) is 25.7 Å². The lowest BCUT2D eigenvalue weighted by molar-refractivity contribution is -0.137. The lowest BCUT2D eigenvalue weighted by Crippen LogP contribution is -2.29. The highest BCUT2D eigenvalue weighted by Gasteiger charge is 2.16. The molecule has 4 rings (SSSR count). The Hall–Kier alpha value is -4.04. The number of nitrogens with zero attached hydrogens (tertiary/aromatic N) is 1. The van der Waals surface area contributed by atoms with Crippen LogP contribution in [0.4, 0.5) is 10.5 Å². The molecule has 0 fully saturated rings. The zero-order valence-corrected chi connectivity index (χ0v) is 20.5. The molecule has 2 amide bonds.